The van der Waals surface area contributed by atoms with Gasteiger partial charge >= 0.3 is 12.0 Å². The molecule has 0 atom stereocenters. The fraction of sp³-hybridized carbons (Fsp3) is 0.238. The van der Waals surface area contributed by atoms with Crippen molar-refractivity contribution in [3.05, 3.63) is 60.2 Å². The van der Waals surface area contributed by atoms with Crippen LogP contribution < -0.4 is 15.0 Å². The van der Waals surface area contributed by atoms with E-state index in [0.717, 1.165) is 31.6 Å². The first kappa shape index (κ1) is 18.7. The van der Waals surface area contributed by atoms with E-state index >= 15 is 0 Å². The molecule has 0 radical (unpaired) electrons. The topological polar surface area (TPSA) is 100 Å². The molecule has 2 aromatic carbocycles. The number of hydrogen-bond donors (Lipinski definition) is 2. The van der Waals surface area contributed by atoms with Gasteiger partial charge in [-0.25, -0.2) is 4.79 Å². The monoisotopic (exact) mass is 391 g/mol. The number of ether oxygens (including phenoxy) is 1. The maximum absolute atomic E-state index is 11.5. The highest BCUT2D eigenvalue weighted by Crippen LogP contribution is 2.26. The quantitative estimate of drug-likeness (QED) is 0.648. The van der Waals surface area contributed by atoms with Crippen LogP contribution in [-0.4, -0.2) is 39.1 Å². The molecule has 29 heavy (non-hydrogen) atoms. The number of para-hydroxylation sites is 2. The second kappa shape index (κ2) is 8.55. The van der Waals surface area contributed by atoms with Crippen LogP contribution in [0, 0.1) is 0 Å². The number of nitrogens with one attached hydrogen (secondary N) is 1. The van der Waals surface area contributed by atoms with Gasteiger partial charge in [0.2, 0.25) is 11.9 Å². The number of nitrogens with zero attached hydrogens (tertiary/aromatic N) is 4. The van der Waals surface area contributed by atoms with Crippen molar-refractivity contribution in [3.63, 3.8) is 0 Å². The fourth-order valence-electron chi connectivity index (χ4n) is 3.16. The summed E-state index contributed by atoms with van der Waals surface area (Å²) in [5.74, 6) is -0.0366. The molecule has 4 rings (SSSR count). The van der Waals surface area contributed by atoms with Gasteiger partial charge in [0.25, 0.3) is 0 Å². The summed E-state index contributed by atoms with van der Waals surface area (Å²) in [7, 11) is 0. The van der Waals surface area contributed by atoms with Crippen LogP contribution in [-0.2, 0) is 0 Å². The number of benzene rings is 2. The molecular formula is C21H21N5O3. The van der Waals surface area contributed by atoms with E-state index in [9.17, 15) is 9.90 Å². The number of carboxylic acids is 1. The lowest BCUT2D eigenvalue weighted by Crippen LogP contribution is -2.31. The Morgan fingerprint density at radius 3 is 2.41 bits per heavy atom. The number of aromatic nitrogens is 3. The molecule has 0 saturated carbocycles. The Kier molecular flexibility index (Phi) is 5.51. The first-order valence-corrected chi connectivity index (χ1v) is 9.52. The number of hydrogen-bond acceptors (Lipinski definition) is 7. The summed E-state index contributed by atoms with van der Waals surface area (Å²) in [6, 6.07) is 16.0. The number of carboxylic acid groups (broad SMARTS) is 1. The van der Waals surface area contributed by atoms with Gasteiger partial charge in [0, 0.05) is 18.8 Å². The number of anilines is 3. The number of piperidine rings is 1. The largest absolute Gasteiger partial charge is 0.478 e. The summed E-state index contributed by atoms with van der Waals surface area (Å²) in [5.41, 5.74) is 0.880. The van der Waals surface area contributed by atoms with E-state index in [0.29, 0.717) is 11.9 Å². The van der Waals surface area contributed by atoms with Crippen molar-refractivity contribution in [2.24, 2.45) is 0 Å². The van der Waals surface area contributed by atoms with Crippen LogP contribution in [0.1, 0.15) is 29.6 Å². The van der Waals surface area contributed by atoms with Crippen LogP contribution in [0.4, 0.5) is 17.6 Å². The van der Waals surface area contributed by atoms with Crippen molar-refractivity contribution in [2.45, 2.75) is 19.3 Å². The van der Waals surface area contributed by atoms with Gasteiger partial charge in [-0.05, 0) is 43.5 Å². The molecule has 3 aromatic rings. The molecular weight excluding hydrogens is 370 g/mol. The average molecular weight is 391 g/mol. The van der Waals surface area contributed by atoms with Crippen LogP contribution in [0.25, 0.3) is 0 Å². The molecule has 148 valence electrons. The maximum Gasteiger partial charge on any atom is 0.339 e. The normalized spacial score (nSPS) is 13.7. The predicted octanol–water partition coefficient (Wildman–Crippen LogP) is 4.10. The molecule has 1 aromatic heterocycles. The van der Waals surface area contributed by atoms with Crippen LogP contribution in [0.3, 0.4) is 0 Å². The Bertz CT molecular complexity index is 991. The number of rotatable bonds is 6. The molecule has 2 N–H and O–H groups in total. The zero-order valence-electron chi connectivity index (χ0n) is 15.8. The summed E-state index contributed by atoms with van der Waals surface area (Å²) in [4.78, 5) is 26.9. The SMILES string of the molecule is O=C(O)c1ccccc1Oc1nc(Nc2ccccc2)nc(N2CCCCC2)n1. The summed E-state index contributed by atoms with van der Waals surface area (Å²) in [6.45, 7) is 1.72. The zero-order chi connectivity index (χ0) is 20.1. The molecule has 0 spiro atoms. The Morgan fingerprint density at radius 2 is 1.66 bits per heavy atom. The summed E-state index contributed by atoms with van der Waals surface area (Å²) >= 11 is 0. The van der Waals surface area contributed by atoms with Crippen LogP contribution in [0.5, 0.6) is 11.8 Å². The molecule has 0 aliphatic carbocycles. The predicted molar refractivity (Wildman–Crippen MR) is 109 cm³/mol. The van der Waals surface area contributed by atoms with Gasteiger partial charge in [-0.2, -0.15) is 15.0 Å². The van der Waals surface area contributed by atoms with Crippen molar-refractivity contribution in [2.75, 3.05) is 23.3 Å². The molecule has 1 fully saturated rings. The van der Waals surface area contributed by atoms with E-state index in [1.165, 1.54) is 12.5 Å². The highest BCUT2D eigenvalue weighted by Gasteiger charge is 2.19. The molecule has 2 heterocycles. The first-order valence-electron chi connectivity index (χ1n) is 9.52. The van der Waals surface area contributed by atoms with E-state index < -0.39 is 5.97 Å². The maximum atomic E-state index is 11.5. The van der Waals surface area contributed by atoms with E-state index in [2.05, 4.69) is 25.2 Å². The van der Waals surface area contributed by atoms with Gasteiger partial charge in [0.05, 0.1) is 0 Å². The van der Waals surface area contributed by atoms with Crippen molar-refractivity contribution < 1.29 is 14.6 Å². The standard InChI is InChI=1S/C21H21N5O3/c27-18(28)16-11-5-6-12-17(16)29-21-24-19(22-15-9-3-1-4-10-15)23-20(25-21)26-13-7-2-8-14-26/h1,3-6,9-12H,2,7-8,13-14H2,(H,27,28)(H,22,23,24,25). The van der Waals surface area contributed by atoms with Gasteiger partial charge in [-0.3, -0.25) is 0 Å². The molecule has 1 aliphatic rings. The van der Waals surface area contributed by atoms with Crippen LogP contribution in [0.2, 0.25) is 0 Å². The molecule has 0 unspecified atom stereocenters. The van der Waals surface area contributed by atoms with Gasteiger partial charge < -0.3 is 20.1 Å². The molecule has 8 nitrogen and oxygen atoms in total. The zero-order valence-corrected chi connectivity index (χ0v) is 15.8. The third-order valence-corrected chi connectivity index (χ3v) is 4.59. The highest BCUT2D eigenvalue weighted by atomic mass is 16.5. The second-order valence-electron chi connectivity index (χ2n) is 6.68. The van der Waals surface area contributed by atoms with Gasteiger partial charge in [-0.15, -0.1) is 0 Å². The Morgan fingerprint density at radius 1 is 0.931 bits per heavy atom. The third kappa shape index (κ3) is 4.60. The lowest BCUT2D eigenvalue weighted by Gasteiger charge is -2.26. The van der Waals surface area contributed by atoms with E-state index in [1.807, 2.05) is 30.3 Å². The van der Waals surface area contributed by atoms with E-state index in [1.54, 1.807) is 18.2 Å². The van der Waals surface area contributed by atoms with Crippen molar-refractivity contribution in [3.8, 4) is 11.8 Å². The number of carbonyl (C=O) groups is 1. The second-order valence-corrected chi connectivity index (χ2v) is 6.68. The minimum Gasteiger partial charge on any atom is -0.478 e. The highest BCUT2D eigenvalue weighted by molar-refractivity contribution is 5.90. The van der Waals surface area contributed by atoms with E-state index in [-0.39, 0.29) is 17.3 Å². The molecule has 1 aliphatic heterocycles. The van der Waals surface area contributed by atoms with Gasteiger partial charge in [0.15, 0.2) is 0 Å². The lowest BCUT2D eigenvalue weighted by molar-refractivity contribution is 0.0694. The molecule has 1 saturated heterocycles. The fourth-order valence-corrected chi connectivity index (χ4v) is 3.16. The Labute approximate surface area is 168 Å². The average Bonchev–Trinajstić information content (AvgIpc) is 2.75. The molecule has 0 bridgehead atoms. The minimum absolute atomic E-state index is 0.0463. The van der Waals surface area contributed by atoms with Crippen molar-refractivity contribution in [1.82, 2.24) is 15.0 Å². The first-order chi connectivity index (χ1) is 14.2. The summed E-state index contributed by atoms with van der Waals surface area (Å²) in [5, 5.41) is 12.6. The van der Waals surface area contributed by atoms with Crippen LogP contribution >= 0.6 is 0 Å². The summed E-state index contributed by atoms with van der Waals surface area (Å²) < 4.78 is 5.77. The van der Waals surface area contributed by atoms with Crippen molar-refractivity contribution in [1.29, 1.82) is 0 Å². The lowest BCUT2D eigenvalue weighted by atomic mass is 10.1. The third-order valence-electron chi connectivity index (χ3n) is 4.59. The number of aromatic carboxylic acids is 1. The molecule has 0 amide bonds. The Hall–Kier alpha value is -3.68. The van der Waals surface area contributed by atoms with Gasteiger partial charge in [-0.1, -0.05) is 30.3 Å². The van der Waals surface area contributed by atoms with E-state index in [4.69, 9.17) is 4.74 Å². The smallest absolute Gasteiger partial charge is 0.339 e. The summed E-state index contributed by atoms with van der Waals surface area (Å²) in [6.07, 6.45) is 3.34. The van der Waals surface area contributed by atoms with Crippen LogP contribution in [0.15, 0.2) is 54.6 Å². The van der Waals surface area contributed by atoms with Crippen molar-refractivity contribution >= 4 is 23.6 Å². The Balaban J connectivity index is 1.68. The van der Waals surface area contributed by atoms with Gasteiger partial charge in [0.1, 0.15) is 11.3 Å². The molecule has 8 heteroatoms. The minimum atomic E-state index is -1.08.